The second-order valence-electron chi connectivity index (χ2n) is 3.46. The third-order valence-electron chi connectivity index (χ3n) is 2.30. The quantitative estimate of drug-likeness (QED) is 0.790. The molecular weight excluding hydrogens is 298 g/mol. The van der Waals surface area contributed by atoms with Crippen molar-refractivity contribution in [3.8, 4) is 0 Å². The van der Waals surface area contributed by atoms with Crippen LogP contribution in [0.25, 0.3) is 0 Å². The highest BCUT2D eigenvalue weighted by Crippen LogP contribution is 2.32. The Morgan fingerprint density at radius 3 is 2.87 bits per heavy atom. The minimum Gasteiger partial charge on any atom is -0.310 e. The van der Waals surface area contributed by atoms with Crippen molar-refractivity contribution < 1.29 is 4.79 Å². The smallest absolute Gasteiger partial charge is 0.228 e. The SMILES string of the molecule is O=C1CC(S)CN1c1cc(Br)ccc1Cl. The van der Waals surface area contributed by atoms with Gasteiger partial charge in [0.05, 0.1) is 10.7 Å². The number of benzene rings is 1. The van der Waals surface area contributed by atoms with Crippen molar-refractivity contribution in [3.63, 3.8) is 0 Å². The lowest BCUT2D eigenvalue weighted by molar-refractivity contribution is -0.117. The predicted octanol–water partition coefficient (Wildman–Crippen LogP) is 3.14. The Hall–Kier alpha value is -0.190. The molecule has 1 saturated heterocycles. The number of rotatable bonds is 1. The summed E-state index contributed by atoms with van der Waals surface area (Å²) >= 11 is 13.7. The molecule has 80 valence electrons. The van der Waals surface area contributed by atoms with E-state index in [9.17, 15) is 4.79 Å². The van der Waals surface area contributed by atoms with E-state index in [1.165, 1.54) is 0 Å². The summed E-state index contributed by atoms with van der Waals surface area (Å²) in [5, 5.41) is 0.696. The summed E-state index contributed by atoms with van der Waals surface area (Å²) in [6.45, 7) is 0.623. The fraction of sp³-hybridized carbons (Fsp3) is 0.300. The molecule has 2 rings (SSSR count). The molecule has 0 radical (unpaired) electrons. The first kappa shape index (κ1) is 11.3. The molecule has 1 aliphatic rings. The Balaban J connectivity index is 2.37. The zero-order valence-corrected chi connectivity index (χ0v) is 11.0. The van der Waals surface area contributed by atoms with Gasteiger partial charge in [0.15, 0.2) is 0 Å². The van der Waals surface area contributed by atoms with Crippen molar-refractivity contribution in [2.45, 2.75) is 11.7 Å². The van der Waals surface area contributed by atoms with Crippen molar-refractivity contribution >= 4 is 51.8 Å². The monoisotopic (exact) mass is 305 g/mol. The summed E-state index contributed by atoms with van der Waals surface area (Å²) in [4.78, 5) is 13.3. The minimum atomic E-state index is 0.0787. The molecule has 1 aliphatic heterocycles. The van der Waals surface area contributed by atoms with E-state index in [2.05, 4.69) is 28.6 Å². The van der Waals surface area contributed by atoms with Gasteiger partial charge < -0.3 is 4.90 Å². The van der Waals surface area contributed by atoms with Crippen LogP contribution in [0.1, 0.15) is 6.42 Å². The van der Waals surface area contributed by atoms with E-state index in [1.807, 2.05) is 12.1 Å². The molecule has 1 fully saturated rings. The second kappa shape index (κ2) is 4.36. The third kappa shape index (κ3) is 2.32. The molecule has 0 bridgehead atoms. The first-order valence-corrected chi connectivity index (χ1v) is 6.20. The van der Waals surface area contributed by atoms with Crippen molar-refractivity contribution in [2.24, 2.45) is 0 Å². The van der Waals surface area contributed by atoms with Gasteiger partial charge in [0.1, 0.15) is 0 Å². The molecule has 2 nitrogen and oxygen atoms in total. The molecule has 1 amide bonds. The first-order valence-electron chi connectivity index (χ1n) is 4.51. The maximum absolute atomic E-state index is 11.7. The Kier molecular flexibility index (Phi) is 3.28. The lowest BCUT2D eigenvalue weighted by atomic mass is 10.3. The average molecular weight is 307 g/mol. The van der Waals surface area contributed by atoms with Crippen LogP contribution in [0.2, 0.25) is 5.02 Å². The Morgan fingerprint density at radius 2 is 2.27 bits per heavy atom. The number of hydrogen-bond donors (Lipinski definition) is 1. The van der Waals surface area contributed by atoms with Gasteiger partial charge in [-0.2, -0.15) is 12.6 Å². The van der Waals surface area contributed by atoms with Crippen molar-refractivity contribution in [3.05, 3.63) is 27.7 Å². The van der Waals surface area contributed by atoms with Gasteiger partial charge in [-0.1, -0.05) is 27.5 Å². The topological polar surface area (TPSA) is 20.3 Å². The number of thiol groups is 1. The predicted molar refractivity (Wildman–Crippen MR) is 68.9 cm³/mol. The van der Waals surface area contributed by atoms with Gasteiger partial charge >= 0.3 is 0 Å². The fourth-order valence-electron chi connectivity index (χ4n) is 1.61. The van der Waals surface area contributed by atoms with E-state index in [-0.39, 0.29) is 11.2 Å². The fourth-order valence-corrected chi connectivity index (χ4v) is 2.50. The van der Waals surface area contributed by atoms with E-state index in [0.29, 0.717) is 18.0 Å². The number of carbonyl (C=O) groups excluding carboxylic acids is 1. The highest BCUT2D eigenvalue weighted by Gasteiger charge is 2.29. The lowest BCUT2D eigenvalue weighted by Gasteiger charge is -2.17. The van der Waals surface area contributed by atoms with Crippen LogP contribution in [0.5, 0.6) is 0 Å². The Bertz CT molecular complexity index is 412. The van der Waals surface area contributed by atoms with Gasteiger partial charge in [-0.15, -0.1) is 0 Å². The molecule has 0 aliphatic carbocycles. The van der Waals surface area contributed by atoms with Crippen molar-refractivity contribution in [2.75, 3.05) is 11.4 Å². The summed E-state index contributed by atoms with van der Waals surface area (Å²) in [7, 11) is 0. The van der Waals surface area contributed by atoms with Crippen LogP contribution in [-0.4, -0.2) is 17.7 Å². The van der Waals surface area contributed by atoms with E-state index >= 15 is 0 Å². The number of amides is 1. The van der Waals surface area contributed by atoms with Crippen LogP contribution in [0.3, 0.4) is 0 Å². The average Bonchev–Trinajstić information content (AvgIpc) is 2.50. The van der Waals surface area contributed by atoms with E-state index < -0.39 is 0 Å². The zero-order chi connectivity index (χ0) is 11.0. The van der Waals surface area contributed by atoms with Crippen LogP contribution in [0.15, 0.2) is 22.7 Å². The number of hydrogen-bond acceptors (Lipinski definition) is 2. The van der Waals surface area contributed by atoms with Gasteiger partial charge in [0.25, 0.3) is 0 Å². The molecule has 1 aromatic rings. The highest BCUT2D eigenvalue weighted by atomic mass is 79.9. The maximum Gasteiger partial charge on any atom is 0.228 e. The molecule has 1 aromatic carbocycles. The van der Waals surface area contributed by atoms with Gasteiger partial charge in [-0.3, -0.25) is 4.79 Å². The summed E-state index contributed by atoms with van der Waals surface area (Å²) < 4.78 is 0.914. The van der Waals surface area contributed by atoms with Crippen molar-refractivity contribution in [1.82, 2.24) is 0 Å². The molecule has 0 spiro atoms. The number of carbonyl (C=O) groups is 1. The first-order chi connectivity index (χ1) is 7.08. The maximum atomic E-state index is 11.7. The van der Waals surface area contributed by atoms with Crippen molar-refractivity contribution in [1.29, 1.82) is 0 Å². The largest absolute Gasteiger partial charge is 0.310 e. The second-order valence-corrected chi connectivity index (χ2v) is 5.51. The number of anilines is 1. The number of nitrogens with zero attached hydrogens (tertiary/aromatic N) is 1. The normalized spacial score (nSPS) is 21.1. The Morgan fingerprint density at radius 1 is 1.53 bits per heavy atom. The summed E-state index contributed by atoms with van der Waals surface area (Å²) in [5.41, 5.74) is 0.757. The molecule has 15 heavy (non-hydrogen) atoms. The zero-order valence-electron chi connectivity index (χ0n) is 7.78. The molecule has 1 heterocycles. The van der Waals surface area contributed by atoms with E-state index in [4.69, 9.17) is 11.6 Å². The van der Waals surface area contributed by atoms with Crippen LogP contribution in [0.4, 0.5) is 5.69 Å². The standard InChI is InChI=1S/C10H9BrClNOS/c11-6-1-2-8(12)9(3-6)13-5-7(15)4-10(13)14/h1-3,7,15H,4-5H2. The summed E-state index contributed by atoms with van der Waals surface area (Å²) in [5.74, 6) is 0.0787. The Labute approximate surface area is 107 Å². The highest BCUT2D eigenvalue weighted by molar-refractivity contribution is 9.10. The molecule has 0 N–H and O–H groups in total. The molecule has 0 aromatic heterocycles. The van der Waals surface area contributed by atoms with Crippen LogP contribution in [0, 0.1) is 0 Å². The van der Waals surface area contributed by atoms with Gasteiger partial charge in [0.2, 0.25) is 5.91 Å². The van der Waals surface area contributed by atoms with Gasteiger partial charge in [-0.05, 0) is 18.2 Å². The molecule has 5 heteroatoms. The molecule has 1 atom stereocenters. The molecule has 0 saturated carbocycles. The molecular formula is C10H9BrClNOS. The van der Waals surface area contributed by atoms with Crippen LogP contribution >= 0.6 is 40.2 Å². The summed E-state index contributed by atoms with van der Waals surface area (Å²) in [6.07, 6.45) is 0.478. The van der Waals surface area contributed by atoms with E-state index in [0.717, 1.165) is 10.2 Å². The van der Waals surface area contributed by atoms with Gasteiger partial charge in [-0.25, -0.2) is 0 Å². The van der Waals surface area contributed by atoms with E-state index in [1.54, 1.807) is 11.0 Å². The van der Waals surface area contributed by atoms with Crippen LogP contribution in [-0.2, 0) is 4.79 Å². The molecule has 1 unspecified atom stereocenters. The van der Waals surface area contributed by atoms with Crippen LogP contribution < -0.4 is 4.90 Å². The summed E-state index contributed by atoms with van der Waals surface area (Å²) in [6, 6.07) is 5.48. The minimum absolute atomic E-state index is 0.0787. The number of halogens is 2. The lowest BCUT2D eigenvalue weighted by Crippen LogP contribution is -2.24. The van der Waals surface area contributed by atoms with Gasteiger partial charge in [0, 0.05) is 22.7 Å². The third-order valence-corrected chi connectivity index (χ3v) is 3.46.